The number of rotatable bonds is 7. The molecule has 1 aliphatic carbocycles. The van der Waals surface area contributed by atoms with Crippen molar-refractivity contribution in [2.75, 3.05) is 19.8 Å². The molecule has 5 rings (SSSR count). The van der Waals surface area contributed by atoms with Crippen LogP contribution in [-0.2, 0) is 15.9 Å². The van der Waals surface area contributed by atoms with Gasteiger partial charge < -0.3 is 25.1 Å². The number of ether oxygens (including phenoxy) is 2. The maximum absolute atomic E-state index is 12.9. The van der Waals surface area contributed by atoms with E-state index < -0.39 is 0 Å². The topological polar surface area (TPSA) is 75.4 Å². The van der Waals surface area contributed by atoms with Crippen LogP contribution in [0, 0.1) is 0 Å². The van der Waals surface area contributed by atoms with Gasteiger partial charge in [0.25, 0.3) is 5.91 Å². The van der Waals surface area contributed by atoms with Gasteiger partial charge in [-0.1, -0.05) is 35.9 Å². The Morgan fingerprint density at radius 3 is 3.03 bits per heavy atom. The summed E-state index contributed by atoms with van der Waals surface area (Å²) >= 11 is 7.49. The van der Waals surface area contributed by atoms with Crippen molar-refractivity contribution < 1.29 is 14.3 Å². The third-order valence-electron chi connectivity index (χ3n) is 5.98. The molecule has 1 unspecified atom stereocenters. The number of amides is 1. The van der Waals surface area contributed by atoms with E-state index >= 15 is 0 Å². The third kappa shape index (κ3) is 4.66. The molecule has 3 heterocycles. The summed E-state index contributed by atoms with van der Waals surface area (Å²) in [4.78, 5) is 17.0. The molecule has 2 aromatic heterocycles. The first-order valence-electron chi connectivity index (χ1n) is 10.8. The number of carbonyl (C=O) groups excluding carboxylic acids is 1. The Balaban J connectivity index is 1.23. The number of carbonyl (C=O) groups is 1. The van der Waals surface area contributed by atoms with Gasteiger partial charge in [0.15, 0.2) is 6.29 Å². The lowest BCUT2D eigenvalue weighted by Crippen LogP contribution is -2.43. The second-order valence-electron chi connectivity index (χ2n) is 8.10. The van der Waals surface area contributed by atoms with Gasteiger partial charge in [0.1, 0.15) is 10.5 Å². The molecular formula is C23H26ClN3O3S. The Bertz CT molecular complexity index is 1030. The Labute approximate surface area is 190 Å². The molecule has 0 bridgehead atoms. The van der Waals surface area contributed by atoms with Gasteiger partial charge in [-0.2, -0.15) is 0 Å². The molecule has 0 radical (unpaired) electrons. The fraction of sp³-hybridized carbons (Fsp3) is 0.435. The fourth-order valence-corrected chi connectivity index (χ4v) is 5.62. The van der Waals surface area contributed by atoms with E-state index in [1.54, 1.807) is 0 Å². The predicted octanol–water partition coefficient (Wildman–Crippen LogP) is 4.41. The molecule has 6 nitrogen and oxygen atoms in total. The monoisotopic (exact) mass is 459 g/mol. The largest absolute Gasteiger partial charge is 0.353 e. The van der Waals surface area contributed by atoms with Crippen LogP contribution in [0.25, 0.3) is 10.2 Å². The smallest absolute Gasteiger partial charge is 0.268 e. The maximum Gasteiger partial charge on any atom is 0.268 e. The zero-order valence-electron chi connectivity index (χ0n) is 17.2. The summed E-state index contributed by atoms with van der Waals surface area (Å²) in [6.07, 6.45) is 3.95. The van der Waals surface area contributed by atoms with Crippen molar-refractivity contribution in [2.24, 2.45) is 0 Å². The van der Waals surface area contributed by atoms with Crippen LogP contribution in [0.1, 0.15) is 46.9 Å². The average Bonchev–Trinajstić information content (AvgIpc) is 3.43. The molecule has 1 amide bonds. The highest BCUT2D eigenvalue weighted by molar-refractivity contribution is 7.22. The first-order valence-corrected chi connectivity index (χ1v) is 12.0. The first-order chi connectivity index (χ1) is 15.2. The molecular weight excluding hydrogens is 434 g/mol. The summed E-state index contributed by atoms with van der Waals surface area (Å²) in [5.41, 5.74) is 3.06. The van der Waals surface area contributed by atoms with Gasteiger partial charge in [0, 0.05) is 18.5 Å². The fourth-order valence-electron chi connectivity index (χ4n) is 4.49. The molecule has 3 atom stereocenters. The van der Waals surface area contributed by atoms with Crippen molar-refractivity contribution in [3.05, 3.63) is 57.6 Å². The predicted molar refractivity (Wildman–Crippen MR) is 123 cm³/mol. The zero-order chi connectivity index (χ0) is 21.2. The highest BCUT2D eigenvalue weighted by Gasteiger charge is 2.33. The van der Waals surface area contributed by atoms with Crippen molar-refractivity contribution in [2.45, 2.75) is 44.1 Å². The van der Waals surface area contributed by atoms with Crippen LogP contribution in [0.5, 0.6) is 0 Å². The van der Waals surface area contributed by atoms with E-state index in [9.17, 15) is 4.79 Å². The van der Waals surface area contributed by atoms with Crippen LogP contribution < -0.4 is 10.6 Å². The zero-order valence-corrected chi connectivity index (χ0v) is 18.7. The Morgan fingerprint density at radius 2 is 2.19 bits per heavy atom. The quantitative estimate of drug-likeness (QED) is 0.457. The number of hydrogen-bond donors (Lipinski definition) is 3. The van der Waals surface area contributed by atoms with Crippen molar-refractivity contribution >= 4 is 39.1 Å². The molecule has 8 heteroatoms. The van der Waals surface area contributed by atoms with Gasteiger partial charge in [0.2, 0.25) is 0 Å². The summed E-state index contributed by atoms with van der Waals surface area (Å²) in [7, 11) is 0. The Morgan fingerprint density at radius 1 is 1.29 bits per heavy atom. The lowest BCUT2D eigenvalue weighted by atomic mass is 10.1. The van der Waals surface area contributed by atoms with E-state index in [0.717, 1.165) is 42.5 Å². The molecule has 31 heavy (non-hydrogen) atoms. The number of fused-ring (bicyclic) bond motifs is 2. The highest BCUT2D eigenvalue weighted by atomic mass is 35.5. The van der Waals surface area contributed by atoms with E-state index in [1.807, 2.05) is 24.3 Å². The Hall–Kier alpha value is -1.90. The van der Waals surface area contributed by atoms with Gasteiger partial charge in [0.05, 0.1) is 23.0 Å². The number of halogens is 1. The van der Waals surface area contributed by atoms with Gasteiger partial charge >= 0.3 is 0 Å². The minimum atomic E-state index is -0.101. The van der Waals surface area contributed by atoms with Crippen molar-refractivity contribution in [1.82, 2.24) is 15.6 Å². The minimum Gasteiger partial charge on any atom is -0.353 e. The van der Waals surface area contributed by atoms with Crippen LogP contribution in [0.3, 0.4) is 0 Å². The number of aromatic amines is 1. The summed E-state index contributed by atoms with van der Waals surface area (Å²) in [5.74, 6) is -0.101. The van der Waals surface area contributed by atoms with Crippen molar-refractivity contribution in [3.63, 3.8) is 0 Å². The summed E-state index contributed by atoms with van der Waals surface area (Å²) in [6, 6.07) is 12.1. The molecule has 1 aliphatic heterocycles. The van der Waals surface area contributed by atoms with Crippen LogP contribution in [0.4, 0.5) is 0 Å². The van der Waals surface area contributed by atoms with Crippen LogP contribution in [0.15, 0.2) is 36.4 Å². The van der Waals surface area contributed by atoms with E-state index in [-0.39, 0.29) is 24.3 Å². The van der Waals surface area contributed by atoms with Gasteiger partial charge in [-0.25, -0.2) is 0 Å². The number of benzene rings is 1. The molecule has 3 N–H and O–H groups in total. The second kappa shape index (κ2) is 9.30. The van der Waals surface area contributed by atoms with E-state index in [4.69, 9.17) is 21.1 Å². The average molecular weight is 460 g/mol. The molecule has 3 aromatic rings. The number of hydrogen-bond acceptors (Lipinski definition) is 5. The molecule has 0 spiro atoms. The lowest BCUT2D eigenvalue weighted by molar-refractivity contribution is -0.161. The molecule has 1 fully saturated rings. The number of H-pyrrole nitrogens is 1. The maximum atomic E-state index is 12.9. The summed E-state index contributed by atoms with van der Waals surface area (Å²) in [6.45, 7) is 2.06. The minimum absolute atomic E-state index is 0.0271. The van der Waals surface area contributed by atoms with Gasteiger partial charge in [-0.05, 0) is 48.9 Å². The summed E-state index contributed by atoms with van der Waals surface area (Å²) < 4.78 is 12.2. The lowest BCUT2D eigenvalue weighted by Gasteiger charge is -2.25. The standard InChI is InChI=1S/C23H26ClN3O3S/c24-19-13-15-12-18(27-23(15)31-19)22(28)26-17-11-14-5-1-2-6-16(14)21(17)25-8-10-30-20-7-3-4-9-29-20/h1-2,5-6,12-13,17,20-21,25,27H,3-4,7-11H2,(H,26,28)/t17-,20?,21-/m1/s1. The number of thiophene rings is 1. The summed E-state index contributed by atoms with van der Waals surface area (Å²) in [5, 5.41) is 7.78. The van der Waals surface area contributed by atoms with E-state index in [2.05, 4.69) is 27.8 Å². The normalized spacial score (nSPS) is 23.2. The molecule has 1 aromatic carbocycles. The highest BCUT2D eigenvalue weighted by Crippen LogP contribution is 2.32. The molecule has 164 valence electrons. The number of aromatic nitrogens is 1. The molecule has 1 saturated heterocycles. The van der Waals surface area contributed by atoms with Gasteiger partial charge in [-0.15, -0.1) is 11.3 Å². The second-order valence-corrected chi connectivity index (χ2v) is 9.78. The van der Waals surface area contributed by atoms with E-state index in [0.29, 0.717) is 23.2 Å². The number of nitrogens with one attached hydrogen (secondary N) is 3. The van der Waals surface area contributed by atoms with Crippen LogP contribution in [0.2, 0.25) is 4.34 Å². The van der Waals surface area contributed by atoms with Crippen LogP contribution in [-0.4, -0.2) is 43.0 Å². The van der Waals surface area contributed by atoms with Gasteiger partial charge in [-0.3, -0.25) is 4.79 Å². The van der Waals surface area contributed by atoms with Crippen molar-refractivity contribution in [3.8, 4) is 0 Å². The van der Waals surface area contributed by atoms with Crippen molar-refractivity contribution in [1.29, 1.82) is 0 Å². The SMILES string of the molecule is O=C(N[C@@H]1Cc2ccccc2[C@H]1NCCOC1CCCCO1)c1cc2cc(Cl)sc2[nH]1. The van der Waals surface area contributed by atoms with E-state index in [1.165, 1.54) is 22.5 Å². The molecule has 2 aliphatic rings. The molecule has 0 saturated carbocycles. The first kappa shape index (κ1) is 21.0. The third-order valence-corrected chi connectivity index (χ3v) is 7.18. The Kier molecular flexibility index (Phi) is 6.29. The van der Waals surface area contributed by atoms with Crippen LogP contribution >= 0.6 is 22.9 Å².